The highest BCUT2D eigenvalue weighted by atomic mass is 32.2. The van der Waals surface area contributed by atoms with Gasteiger partial charge in [0.1, 0.15) is 0 Å². The van der Waals surface area contributed by atoms with Crippen LogP contribution >= 0.6 is 11.8 Å². The van der Waals surface area contributed by atoms with Gasteiger partial charge in [0.05, 0.1) is 11.1 Å². The molecule has 0 fully saturated rings. The Hall–Kier alpha value is -1.95. The number of halogens is 3. The molecule has 0 aliphatic heterocycles. The Morgan fingerprint density at radius 1 is 1.09 bits per heavy atom. The third kappa shape index (κ3) is 4.07. The summed E-state index contributed by atoms with van der Waals surface area (Å²) < 4.78 is 39.1. The molecule has 23 heavy (non-hydrogen) atoms. The predicted molar refractivity (Wildman–Crippen MR) is 85.5 cm³/mol. The van der Waals surface area contributed by atoms with Crippen molar-refractivity contribution < 1.29 is 18.0 Å². The van der Waals surface area contributed by atoms with Gasteiger partial charge in [-0.15, -0.1) is 11.8 Å². The molecule has 1 amide bonds. The number of thioether (sulfide) groups is 1. The van der Waals surface area contributed by atoms with Gasteiger partial charge in [-0.2, -0.15) is 13.2 Å². The summed E-state index contributed by atoms with van der Waals surface area (Å²) >= 11 is 1.43. The zero-order valence-electron chi connectivity index (χ0n) is 12.7. The van der Waals surface area contributed by atoms with Gasteiger partial charge in [0.25, 0.3) is 5.91 Å². The Labute approximate surface area is 137 Å². The number of hydrogen-bond donors (Lipinski definition) is 0. The van der Waals surface area contributed by atoms with E-state index in [1.165, 1.54) is 35.8 Å². The first-order valence-electron chi connectivity index (χ1n) is 6.88. The van der Waals surface area contributed by atoms with E-state index in [2.05, 4.69) is 0 Å². The Morgan fingerprint density at radius 3 is 2.35 bits per heavy atom. The normalized spacial score (nSPS) is 11.3. The second kappa shape index (κ2) is 7.08. The summed E-state index contributed by atoms with van der Waals surface area (Å²) in [6.07, 6.45) is -2.58. The Bertz CT molecular complexity index is 700. The monoisotopic (exact) mass is 339 g/mol. The molecule has 2 aromatic rings. The van der Waals surface area contributed by atoms with E-state index in [4.69, 9.17) is 0 Å². The zero-order chi connectivity index (χ0) is 17.0. The molecule has 0 radical (unpaired) electrons. The second-order valence-corrected chi connectivity index (χ2v) is 5.86. The highest BCUT2D eigenvalue weighted by Gasteiger charge is 2.33. The molecule has 2 rings (SSSR count). The van der Waals surface area contributed by atoms with Gasteiger partial charge in [0, 0.05) is 18.5 Å². The van der Waals surface area contributed by atoms with Gasteiger partial charge in [-0.3, -0.25) is 4.79 Å². The molecule has 0 atom stereocenters. The van der Waals surface area contributed by atoms with E-state index in [0.29, 0.717) is 5.56 Å². The quantitative estimate of drug-likeness (QED) is 0.753. The molecule has 0 aliphatic rings. The largest absolute Gasteiger partial charge is 0.416 e. The molecular formula is C17H16F3NOS. The molecule has 0 saturated carbocycles. The number of benzene rings is 2. The molecule has 122 valence electrons. The number of nitrogens with zero attached hydrogens (tertiary/aromatic N) is 1. The Morgan fingerprint density at radius 2 is 1.70 bits per heavy atom. The summed E-state index contributed by atoms with van der Waals surface area (Å²) in [5, 5.41) is 0. The van der Waals surface area contributed by atoms with Crippen molar-refractivity contribution in [3.8, 4) is 0 Å². The lowest BCUT2D eigenvalue weighted by Crippen LogP contribution is -2.27. The third-order valence-corrected chi connectivity index (χ3v) is 4.21. The van der Waals surface area contributed by atoms with Crippen LogP contribution in [-0.4, -0.2) is 24.1 Å². The van der Waals surface area contributed by atoms with Gasteiger partial charge in [-0.05, 0) is 30.0 Å². The van der Waals surface area contributed by atoms with Crippen molar-refractivity contribution in [3.63, 3.8) is 0 Å². The van der Waals surface area contributed by atoms with E-state index in [-0.39, 0.29) is 18.0 Å². The molecule has 0 spiro atoms. The van der Waals surface area contributed by atoms with Crippen LogP contribution < -0.4 is 0 Å². The lowest BCUT2D eigenvalue weighted by molar-refractivity contribution is -0.138. The number of rotatable bonds is 4. The summed E-state index contributed by atoms with van der Waals surface area (Å²) in [7, 11) is 1.51. The first kappa shape index (κ1) is 17.4. The maximum atomic E-state index is 13.0. The van der Waals surface area contributed by atoms with Crippen LogP contribution in [0.15, 0.2) is 53.4 Å². The fourth-order valence-corrected chi connectivity index (χ4v) is 2.88. The Balaban J connectivity index is 2.26. The van der Waals surface area contributed by atoms with Crippen LogP contribution in [0.2, 0.25) is 0 Å². The van der Waals surface area contributed by atoms with Crippen molar-refractivity contribution in [1.29, 1.82) is 0 Å². The molecule has 0 unspecified atom stereocenters. The number of alkyl halides is 3. The van der Waals surface area contributed by atoms with Crippen molar-refractivity contribution in [2.75, 3.05) is 13.3 Å². The second-order valence-electron chi connectivity index (χ2n) is 5.02. The average molecular weight is 339 g/mol. The minimum atomic E-state index is -4.43. The van der Waals surface area contributed by atoms with E-state index in [9.17, 15) is 18.0 Å². The minimum Gasteiger partial charge on any atom is -0.337 e. The smallest absolute Gasteiger partial charge is 0.337 e. The van der Waals surface area contributed by atoms with Crippen LogP contribution in [0.5, 0.6) is 0 Å². The van der Waals surface area contributed by atoms with Crippen molar-refractivity contribution in [2.45, 2.75) is 17.6 Å². The fraction of sp³-hybridized carbons (Fsp3) is 0.235. The van der Waals surface area contributed by atoms with Crippen molar-refractivity contribution in [2.24, 2.45) is 0 Å². The minimum absolute atomic E-state index is 0.0810. The van der Waals surface area contributed by atoms with Gasteiger partial charge in [-0.25, -0.2) is 0 Å². The number of carbonyl (C=O) groups excluding carboxylic acids is 1. The van der Waals surface area contributed by atoms with Crippen molar-refractivity contribution >= 4 is 17.7 Å². The molecule has 2 aromatic carbocycles. The third-order valence-electron chi connectivity index (χ3n) is 3.41. The van der Waals surface area contributed by atoms with E-state index in [0.717, 1.165) is 11.0 Å². The van der Waals surface area contributed by atoms with Gasteiger partial charge in [-0.1, -0.05) is 30.3 Å². The molecule has 0 heterocycles. The first-order valence-corrected chi connectivity index (χ1v) is 8.10. The van der Waals surface area contributed by atoms with E-state index in [1.807, 2.05) is 18.4 Å². The van der Waals surface area contributed by atoms with Crippen molar-refractivity contribution in [1.82, 2.24) is 4.90 Å². The summed E-state index contributed by atoms with van der Waals surface area (Å²) in [5.74, 6) is -0.299. The molecule has 2 nitrogen and oxygen atoms in total. The lowest BCUT2D eigenvalue weighted by Gasteiger charge is -2.21. The maximum absolute atomic E-state index is 13.0. The molecule has 0 aromatic heterocycles. The molecule has 0 bridgehead atoms. The van der Waals surface area contributed by atoms with Gasteiger partial charge >= 0.3 is 6.18 Å². The highest BCUT2D eigenvalue weighted by molar-refractivity contribution is 7.98. The standard InChI is InChI=1S/C17H16F3NOS/c1-21(16(22)13-8-4-6-10-15(13)23-2)11-12-7-3-5-9-14(12)17(18,19)20/h3-10H,11H2,1-2H3. The maximum Gasteiger partial charge on any atom is 0.416 e. The predicted octanol–water partition coefficient (Wildman–Crippen LogP) is 4.70. The van der Waals surface area contributed by atoms with Crippen LogP contribution in [0, 0.1) is 0 Å². The van der Waals surface area contributed by atoms with E-state index in [1.54, 1.807) is 18.2 Å². The summed E-state index contributed by atoms with van der Waals surface area (Å²) in [4.78, 5) is 14.6. The summed E-state index contributed by atoms with van der Waals surface area (Å²) in [5.41, 5.74) is -0.137. The molecule has 0 N–H and O–H groups in total. The average Bonchev–Trinajstić information content (AvgIpc) is 2.53. The van der Waals surface area contributed by atoms with Crippen LogP contribution in [0.25, 0.3) is 0 Å². The Kier molecular flexibility index (Phi) is 5.36. The number of carbonyl (C=O) groups is 1. The number of amides is 1. The lowest BCUT2D eigenvalue weighted by atomic mass is 10.1. The zero-order valence-corrected chi connectivity index (χ0v) is 13.5. The van der Waals surface area contributed by atoms with Gasteiger partial charge in [0.15, 0.2) is 0 Å². The molecule has 0 saturated heterocycles. The molecule has 0 aliphatic carbocycles. The first-order chi connectivity index (χ1) is 10.8. The number of hydrogen-bond acceptors (Lipinski definition) is 2. The van der Waals surface area contributed by atoms with E-state index >= 15 is 0 Å². The molecular weight excluding hydrogens is 323 g/mol. The summed E-state index contributed by atoms with van der Waals surface area (Å²) in [6.45, 7) is -0.1000. The van der Waals surface area contributed by atoms with Crippen LogP contribution in [0.4, 0.5) is 13.2 Å². The van der Waals surface area contributed by atoms with Crippen LogP contribution in [0.1, 0.15) is 21.5 Å². The van der Waals surface area contributed by atoms with Crippen molar-refractivity contribution in [3.05, 3.63) is 65.2 Å². The van der Waals surface area contributed by atoms with Crippen LogP contribution in [-0.2, 0) is 12.7 Å². The van der Waals surface area contributed by atoms with Gasteiger partial charge in [0.2, 0.25) is 0 Å². The van der Waals surface area contributed by atoms with Crippen LogP contribution in [0.3, 0.4) is 0 Å². The molecule has 6 heteroatoms. The summed E-state index contributed by atoms with van der Waals surface area (Å²) in [6, 6.07) is 12.4. The fourth-order valence-electron chi connectivity index (χ4n) is 2.29. The topological polar surface area (TPSA) is 20.3 Å². The van der Waals surface area contributed by atoms with Gasteiger partial charge < -0.3 is 4.90 Å². The SMILES string of the molecule is CSc1ccccc1C(=O)N(C)Cc1ccccc1C(F)(F)F. The van der Waals surface area contributed by atoms with E-state index < -0.39 is 11.7 Å². The highest BCUT2D eigenvalue weighted by Crippen LogP contribution is 2.32.